The van der Waals surface area contributed by atoms with Crippen molar-refractivity contribution in [2.75, 3.05) is 13.1 Å². The minimum absolute atomic E-state index is 0.419. The second-order valence-electron chi connectivity index (χ2n) is 4.24. The van der Waals surface area contributed by atoms with Crippen LogP contribution in [-0.4, -0.2) is 28.9 Å². The number of carbonyl (C=O) groups is 1. The molecule has 0 aliphatic carbocycles. The fraction of sp³-hybridized carbons (Fsp3) is 0.429. The van der Waals surface area contributed by atoms with Crippen LogP contribution in [0.25, 0.3) is 0 Å². The van der Waals surface area contributed by atoms with Crippen molar-refractivity contribution in [1.29, 1.82) is 0 Å². The van der Waals surface area contributed by atoms with Crippen LogP contribution in [0.4, 0.5) is 0 Å². The molecule has 0 heterocycles. The summed E-state index contributed by atoms with van der Waals surface area (Å²) in [5.74, 6) is -0.419. The number of carbonyl (C=O) groups excluding carboxylic acids is 1. The molecule has 1 aromatic rings. The van der Waals surface area contributed by atoms with E-state index in [0.717, 1.165) is 36.5 Å². The van der Waals surface area contributed by atoms with Crippen molar-refractivity contribution < 1.29 is 4.79 Å². The predicted octanol–water partition coefficient (Wildman–Crippen LogP) is 2.58. The maximum Gasteiger partial charge on any atom is 0.248 e. The number of hydrogen-bond donors (Lipinski definition) is 1. The third-order valence-electron chi connectivity index (χ3n) is 2.67. The Balaban J connectivity index is 2.93. The van der Waals surface area contributed by atoms with Crippen LogP contribution in [-0.2, 0) is 0 Å². The molecule has 18 heavy (non-hydrogen) atoms. The van der Waals surface area contributed by atoms with E-state index in [-0.39, 0.29) is 0 Å². The molecule has 0 atom stereocenters. The number of hydrogen-bond acceptors (Lipinski definition) is 2. The molecule has 0 spiro atoms. The van der Waals surface area contributed by atoms with Gasteiger partial charge in [0.2, 0.25) is 5.91 Å². The summed E-state index contributed by atoms with van der Waals surface area (Å²) in [5.41, 5.74) is 6.67. The number of amides is 1. The lowest BCUT2D eigenvalue weighted by molar-refractivity contribution is 0.100. The van der Waals surface area contributed by atoms with Gasteiger partial charge in [0.25, 0.3) is 0 Å². The monoisotopic (exact) mass is 264 g/mol. The first kappa shape index (κ1) is 14.6. The van der Waals surface area contributed by atoms with E-state index in [1.807, 2.05) is 12.1 Å². The van der Waals surface area contributed by atoms with E-state index in [0.29, 0.717) is 5.56 Å². The fourth-order valence-corrected chi connectivity index (χ4v) is 2.15. The molecule has 0 aliphatic heterocycles. The number of rotatable bonds is 6. The summed E-state index contributed by atoms with van der Waals surface area (Å²) in [6, 6.07) is 7.21. The fourth-order valence-electron chi connectivity index (χ4n) is 1.84. The smallest absolute Gasteiger partial charge is 0.248 e. The van der Waals surface area contributed by atoms with Gasteiger partial charge in [0, 0.05) is 24.2 Å². The molecule has 0 unspecified atom stereocenters. The SMILES string of the molecule is CCCN(CCC)C(=S)c1cccc(C(N)=O)c1. The molecule has 0 saturated heterocycles. The lowest BCUT2D eigenvalue weighted by Gasteiger charge is -2.24. The van der Waals surface area contributed by atoms with Crippen molar-refractivity contribution in [2.24, 2.45) is 5.73 Å². The molecule has 0 radical (unpaired) electrons. The standard InChI is InChI=1S/C14H20N2OS/c1-3-8-16(9-4-2)14(18)12-7-5-6-11(10-12)13(15)17/h5-7,10H,3-4,8-9H2,1-2H3,(H2,15,17). The first-order valence-electron chi connectivity index (χ1n) is 6.29. The second kappa shape index (κ2) is 7.11. The maximum atomic E-state index is 11.2. The Hall–Kier alpha value is -1.42. The van der Waals surface area contributed by atoms with E-state index in [2.05, 4.69) is 18.7 Å². The van der Waals surface area contributed by atoms with E-state index < -0.39 is 5.91 Å². The minimum Gasteiger partial charge on any atom is -0.366 e. The quantitative estimate of drug-likeness (QED) is 0.803. The molecule has 3 nitrogen and oxygen atoms in total. The molecule has 1 rings (SSSR count). The topological polar surface area (TPSA) is 46.3 Å². The van der Waals surface area contributed by atoms with E-state index >= 15 is 0 Å². The minimum atomic E-state index is -0.419. The van der Waals surface area contributed by atoms with Crippen molar-refractivity contribution >= 4 is 23.1 Å². The lowest BCUT2D eigenvalue weighted by atomic mass is 10.1. The Bertz CT molecular complexity index is 426. The van der Waals surface area contributed by atoms with Crippen molar-refractivity contribution in [3.8, 4) is 0 Å². The Morgan fingerprint density at radius 1 is 1.22 bits per heavy atom. The highest BCUT2D eigenvalue weighted by Crippen LogP contribution is 2.10. The number of thiocarbonyl (C=S) groups is 1. The van der Waals surface area contributed by atoms with Crippen LogP contribution in [0.15, 0.2) is 24.3 Å². The summed E-state index contributed by atoms with van der Waals surface area (Å²) in [6.45, 7) is 6.14. The highest BCUT2D eigenvalue weighted by atomic mass is 32.1. The van der Waals surface area contributed by atoms with Crippen LogP contribution < -0.4 is 5.73 Å². The number of nitrogens with zero attached hydrogens (tertiary/aromatic N) is 1. The predicted molar refractivity (Wildman–Crippen MR) is 78.8 cm³/mol. The van der Waals surface area contributed by atoms with Gasteiger partial charge in [-0.2, -0.15) is 0 Å². The molecule has 4 heteroatoms. The van der Waals surface area contributed by atoms with Crippen LogP contribution in [0.1, 0.15) is 42.6 Å². The zero-order valence-electron chi connectivity index (χ0n) is 11.0. The van der Waals surface area contributed by atoms with E-state index in [4.69, 9.17) is 18.0 Å². The van der Waals surface area contributed by atoms with E-state index in [1.165, 1.54) is 0 Å². The van der Waals surface area contributed by atoms with Gasteiger partial charge in [0.05, 0.1) is 0 Å². The number of benzene rings is 1. The van der Waals surface area contributed by atoms with Gasteiger partial charge in [-0.1, -0.05) is 38.2 Å². The number of primary amides is 1. The van der Waals surface area contributed by atoms with Gasteiger partial charge in [-0.05, 0) is 25.0 Å². The molecule has 0 aromatic heterocycles. The highest BCUT2D eigenvalue weighted by Gasteiger charge is 2.11. The average molecular weight is 264 g/mol. The van der Waals surface area contributed by atoms with Gasteiger partial charge >= 0.3 is 0 Å². The Labute approximate surface area is 114 Å². The number of nitrogens with two attached hydrogens (primary N) is 1. The van der Waals surface area contributed by atoms with E-state index in [9.17, 15) is 4.79 Å². The maximum absolute atomic E-state index is 11.2. The van der Waals surface area contributed by atoms with Crippen LogP contribution in [0.5, 0.6) is 0 Å². The zero-order valence-corrected chi connectivity index (χ0v) is 11.8. The molecule has 1 amide bonds. The lowest BCUT2D eigenvalue weighted by Crippen LogP contribution is -2.31. The van der Waals surface area contributed by atoms with Crippen LogP contribution in [0, 0.1) is 0 Å². The van der Waals surface area contributed by atoms with Crippen LogP contribution in [0.2, 0.25) is 0 Å². The van der Waals surface area contributed by atoms with Crippen molar-refractivity contribution in [3.05, 3.63) is 35.4 Å². The summed E-state index contributed by atoms with van der Waals surface area (Å²) in [7, 11) is 0. The summed E-state index contributed by atoms with van der Waals surface area (Å²) < 4.78 is 0. The van der Waals surface area contributed by atoms with Crippen molar-refractivity contribution in [1.82, 2.24) is 4.90 Å². The first-order chi connectivity index (χ1) is 8.60. The van der Waals surface area contributed by atoms with Gasteiger partial charge in [-0.15, -0.1) is 0 Å². The highest BCUT2D eigenvalue weighted by molar-refractivity contribution is 7.80. The largest absolute Gasteiger partial charge is 0.366 e. The zero-order chi connectivity index (χ0) is 13.5. The molecule has 1 aromatic carbocycles. The normalized spacial score (nSPS) is 10.1. The molecule has 2 N–H and O–H groups in total. The van der Waals surface area contributed by atoms with Crippen molar-refractivity contribution in [2.45, 2.75) is 26.7 Å². The Morgan fingerprint density at radius 2 is 1.78 bits per heavy atom. The molecular formula is C14H20N2OS. The van der Waals surface area contributed by atoms with E-state index in [1.54, 1.807) is 12.1 Å². The second-order valence-corrected chi connectivity index (χ2v) is 4.62. The molecule has 98 valence electrons. The summed E-state index contributed by atoms with van der Waals surface area (Å²) in [4.78, 5) is 14.1. The third kappa shape index (κ3) is 3.81. The molecule has 0 fully saturated rings. The van der Waals surface area contributed by atoms with Crippen molar-refractivity contribution in [3.63, 3.8) is 0 Å². The van der Waals surface area contributed by atoms with Crippen LogP contribution >= 0.6 is 12.2 Å². The van der Waals surface area contributed by atoms with Gasteiger partial charge in [-0.3, -0.25) is 4.79 Å². The third-order valence-corrected chi connectivity index (χ3v) is 3.16. The first-order valence-corrected chi connectivity index (χ1v) is 6.70. The summed E-state index contributed by atoms with van der Waals surface area (Å²) >= 11 is 5.49. The van der Waals surface area contributed by atoms with Gasteiger partial charge in [-0.25, -0.2) is 0 Å². The van der Waals surface area contributed by atoms with Gasteiger partial charge < -0.3 is 10.6 Å². The van der Waals surface area contributed by atoms with Gasteiger partial charge in [0.15, 0.2) is 0 Å². The Morgan fingerprint density at radius 3 is 2.28 bits per heavy atom. The average Bonchev–Trinajstić information content (AvgIpc) is 2.38. The van der Waals surface area contributed by atoms with Gasteiger partial charge in [0.1, 0.15) is 4.99 Å². The molecule has 0 bridgehead atoms. The molecule has 0 saturated carbocycles. The van der Waals surface area contributed by atoms with Crippen LogP contribution in [0.3, 0.4) is 0 Å². The summed E-state index contributed by atoms with van der Waals surface area (Å²) in [5, 5.41) is 0. The summed E-state index contributed by atoms with van der Waals surface area (Å²) in [6.07, 6.45) is 2.10. The molecular weight excluding hydrogens is 244 g/mol. The Kier molecular flexibility index (Phi) is 5.78. The molecule has 0 aliphatic rings.